The van der Waals surface area contributed by atoms with Gasteiger partial charge >= 0.3 is 0 Å². The monoisotopic (exact) mass is 131 g/mol. The number of nitrogens with one attached hydrogen (secondary N) is 1. The summed E-state index contributed by atoms with van der Waals surface area (Å²) >= 11 is 0. The molecule has 2 heteroatoms. The molecule has 0 aromatic rings. The second-order valence-corrected chi connectivity index (χ2v) is 3.09. The number of rotatable bonds is 2. The third-order valence-corrected chi connectivity index (χ3v) is 1.65. The SMILES string of the molecule is CC(C)N[C@H]1C[C@H](F)C1. The predicted octanol–water partition coefficient (Wildman–Crippen LogP) is 1.48. The minimum atomic E-state index is -0.527. The van der Waals surface area contributed by atoms with Crippen LogP contribution < -0.4 is 5.32 Å². The van der Waals surface area contributed by atoms with E-state index in [1.165, 1.54) is 0 Å². The van der Waals surface area contributed by atoms with Crippen molar-refractivity contribution in [2.24, 2.45) is 0 Å². The van der Waals surface area contributed by atoms with E-state index in [1.807, 2.05) is 0 Å². The highest BCUT2D eigenvalue weighted by Crippen LogP contribution is 2.23. The Morgan fingerprint density at radius 3 is 2.33 bits per heavy atom. The number of alkyl halides is 1. The molecule has 1 rings (SSSR count). The van der Waals surface area contributed by atoms with Gasteiger partial charge in [0.15, 0.2) is 0 Å². The Morgan fingerprint density at radius 2 is 2.00 bits per heavy atom. The highest BCUT2D eigenvalue weighted by molar-refractivity contribution is 4.85. The highest BCUT2D eigenvalue weighted by Gasteiger charge is 2.28. The predicted molar refractivity (Wildman–Crippen MR) is 36.2 cm³/mol. The number of hydrogen-bond donors (Lipinski definition) is 1. The van der Waals surface area contributed by atoms with Crippen LogP contribution in [0.25, 0.3) is 0 Å². The summed E-state index contributed by atoms with van der Waals surface area (Å²) in [6.07, 6.45) is 0.914. The Labute approximate surface area is 55.6 Å². The Hall–Kier alpha value is -0.110. The van der Waals surface area contributed by atoms with Gasteiger partial charge in [-0.25, -0.2) is 4.39 Å². The van der Waals surface area contributed by atoms with E-state index in [-0.39, 0.29) is 0 Å². The fraction of sp³-hybridized carbons (Fsp3) is 1.00. The van der Waals surface area contributed by atoms with Gasteiger partial charge in [0.25, 0.3) is 0 Å². The Balaban J connectivity index is 2.04. The molecule has 0 radical (unpaired) electrons. The van der Waals surface area contributed by atoms with Gasteiger partial charge in [0.05, 0.1) is 0 Å². The van der Waals surface area contributed by atoms with Crippen LogP contribution in [0.5, 0.6) is 0 Å². The van der Waals surface area contributed by atoms with E-state index < -0.39 is 6.17 Å². The molecule has 1 N–H and O–H groups in total. The maximum atomic E-state index is 12.2. The van der Waals surface area contributed by atoms with E-state index in [9.17, 15) is 4.39 Å². The average molecular weight is 131 g/mol. The van der Waals surface area contributed by atoms with Crippen molar-refractivity contribution in [1.82, 2.24) is 5.32 Å². The van der Waals surface area contributed by atoms with E-state index in [2.05, 4.69) is 19.2 Å². The van der Waals surface area contributed by atoms with E-state index in [4.69, 9.17) is 0 Å². The van der Waals surface area contributed by atoms with Crippen LogP contribution in [-0.2, 0) is 0 Å². The molecule has 1 saturated carbocycles. The Morgan fingerprint density at radius 1 is 1.44 bits per heavy atom. The zero-order chi connectivity index (χ0) is 6.85. The summed E-state index contributed by atoms with van der Waals surface area (Å²) in [5, 5.41) is 3.27. The molecule has 54 valence electrons. The van der Waals surface area contributed by atoms with Gasteiger partial charge in [0.2, 0.25) is 0 Å². The lowest BCUT2D eigenvalue weighted by atomic mass is 9.90. The summed E-state index contributed by atoms with van der Waals surface area (Å²) in [6, 6.07) is 0.961. The van der Waals surface area contributed by atoms with Crippen molar-refractivity contribution in [2.75, 3.05) is 0 Å². The van der Waals surface area contributed by atoms with Gasteiger partial charge in [-0.2, -0.15) is 0 Å². The lowest BCUT2D eigenvalue weighted by Crippen LogP contribution is -2.45. The van der Waals surface area contributed by atoms with Crippen molar-refractivity contribution in [2.45, 2.75) is 44.9 Å². The van der Waals surface area contributed by atoms with Crippen molar-refractivity contribution in [3.05, 3.63) is 0 Å². The molecule has 0 heterocycles. The molecule has 0 unspecified atom stereocenters. The third-order valence-electron chi connectivity index (χ3n) is 1.65. The number of halogens is 1. The topological polar surface area (TPSA) is 12.0 Å². The van der Waals surface area contributed by atoms with Gasteiger partial charge in [-0.1, -0.05) is 13.8 Å². The molecule has 0 aliphatic heterocycles. The summed E-state index contributed by atoms with van der Waals surface area (Å²) in [5.74, 6) is 0. The van der Waals surface area contributed by atoms with Crippen molar-refractivity contribution in [1.29, 1.82) is 0 Å². The molecular weight excluding hydrogens is 117 g/mol. The van der Waals surface area contributed by atoms with Crippen LogP contribution >= 0.6 is 0 Å². The van der Waals surface area contributed by atoms with Crippen molar-refractivity contribution < 1.29 is 4.39 Å². The van der Waals surface area contributed by atoms with Crippen LogP contribution in [0.15, 0.2) is 0 Å². The second kappa shape index (κ2) is 2.65. The lowest BCUT2D eigenvalue weighted by molar-refractivity contribution is 0.150. The smallest absolute Gasteiger partial charge is 0.103 e. The van der Waals surface area contributed by atoms with Gasteiger partial charge in [-0.05, 0) is 12.8 Å². The molecule has 0 bridgehead atoms. The van der Waals surface area contributed by atoms with Crippen LogP contribution in [0.3, 0.4) is 0 Å². The molecule has 0 spiro atoms. The minimum Gasteiger partial charge on any atom is -0.312 e. The average Bonchev–Trinajstić information content (AvgIpc) is 1.60. The number of hydrogen-bond acceptors (Lipinski definition) is 1. The molecular formula is C7H14FN. The standard InChI is InChI=1S/C7H14FN/c1-5(2)9-7-3-6(8)4-7/h5-7,9H,3-4H2,1-2H3/t6-,7-. The van der Waals surface area contributed by atoms with Crippen LogP contribution in [0.2, 0.25) is 0 Å². The zero-order valence-electron chi connectivity index (χ0n) is 6.02. The quantitative estimate of drug-likeness (QED) is 0.598. The summed E-state index contributed by atoms with van der Waals surface area (Å²) in [5.41, 5.74) is 0. The summed E-state index contributed by atoms with van der Waals surface area (Å²) in [7, 11) is 0. The summed E-state index contributed by atoms with van der Waals surface area (Å²) in [4.78, 5) is 0. The summed E-state index contributed by atoms with van der Waals surface area (Å²) in [6.45, 7) is 4.18. The molecule has 0 atom stereocenters. The van der Waals surface area contributed by atoms with Crippen LogP contribution in [0, 0.1) is 0 Å². The Kier molecular flexibility index (Phi) is 2.06. The maximum Gasteiger partial charge on any atom is 0.103 e. The first-order chi connectivity index (χ1) is 4.18. The van der Waals surface area contributed by atoms with Crippen LogP contribution in [0.1, 0.15) is 26.7 Å². The van der Waals surface area contributed by atoms with Gasteiger partial charge in [0, 0.05) is 12.1 Å². The molecule has 0 aromatic heterocycles. The maximum absolute atomic E-state index is 12.2. The van der Waals surface area contributed by atoms with E-state index in [0.29, 0.717) is 12.1 Å². The molecule has 0 aromatic carbocycles. The highest BCUT2D eigenvalue weighted by atomic mass is 19.1. The first-order valence-electron chi connectivity index (χ1n) is 3.58. The Bertz CT molecular complexity index is 86.9. The van der Waals surface area contributed by atoms with Gasteiger partial charge in [-0.15, -0.1) is 0 Å². The normalized spacial score (nSPS) is 34.7. The summed E-state index contributed by atoms with van der Waals surface area (Å²) < 4.78 is 12.2. The molecule has 9 heavy (non-hydrogen) atoms. The minimum absolute atomic E-state index is 0.458. The molecule has 1 aliphatic rings. The van der Waals surface area contributed by atoms with Gasteiger partial charge in [-0.3, -0.25) is 0 Å². The fourth-order valence-corrected chi connectivity index (χ4v) is 1.16. The first-order valence-corrected chi connectivity index (χ1v) is 3.58. The van der Waals surface area contributed by atoms with Crippen LogP contribution in [0.4, 0.5) is 4.39 Å². The van der Waals surface area contributed by atoms with Gasteiger partial charge < -0.3 is 5.32 Å². The van der Waals surface area contributed by atoms with E-state index >= 15 is 0 Å². The molecule has 0 saturated heterocycles. The van der Waals surface area contributed by atoms with Crippen molar-refractivity contribution in [3.63, 3.8) is 0 Å². The first kappa shape index (κ1) is 7.00. The van der Waals surface area contributed by atoms with E-state index in [1.54, 1.807) is 0 Å². The molecule has 0 amide bonds. The molecule has 1 fully saturated rings. The molecule has 1 nitrogen and oxygen atoms in total. The third kappa shape index (κ3) is 1.94. The van der Waals surface area contributed by atoms with Crippen molar-refractivity contribution in [3.8, 4) is 0 Å². The lowest BCUT2D eigenvalue weighted by Gasteiger charge is -2.32. The fourth-order valence-electron chi connectivity index (χ4n) is 1.16. The molecule has 1 aliphatic carbocycles. The van der Waals surface area contributed by atoms with Gasteiger partial charge in [0.1, 0.15) is 6.17 Å². The largest absolute Gasteiger partial charge is 0.312 e. The van der Waals surface area contributed by atoms with Crippen molar-refractivity contribution >= 4 is 0 Å². The van der Waals surface area contributed by atoms with Crippen LogP contribution in [-0.4, -0.2) is 18.3 Å². The zero-order valence-corrected chi connectivity index (χ0v) is 6.02. The van der Waals surface area contributed by atoms with E-state index in [0.717, 1.165) is 12.8 Å². The second-order valence-electron chi connectivity index (χ2n) is 3.09.